The smallest absolute Gasteiger partial charge is 0.338 e. The molecule has 0 aromatic heterocycles. The van der Waals surface area contributed by atoms with Crippen molar-refractivity contribution in [2.75, 3.05) is 19.8 Å². The first-order chi connectivity index (χ1) is 31.8. The Kier molecular flexibility index (Phi) is 17.2. The zero-order valence-electron chi connectivity index (χ0n) is 41.2. The van der Waals surface area contributed by atoms with Crippen LogP contribution in [0.2, 0.25) is 0 Å². The highest BCUT2D eigenvalue weighted by Gasteiger charge is 2.55. The Labute approximate surface area is 398 Å². The van der Waals surface area contributed by atoms with E-state index in [2.05, 4.69) is 33.4 Å². The Morgan fingerprint density at radius 2 is 1.76 bits per heavy atom. The van der Waals surface area contributed by atoms with Crippen LogP contribution in [0.15, 0.2) is 59.3 Å². The molecule has 0 unspecified atom stereocenters. The highest BCUT2D eigenvalue weighted by Crippen LogP contribution is 2.47. The lowest BCUT2D eigenvalue weighted by Gasteiger charge is -2.50. The van der Waals surface area contributed by atoms with Crippen molar-refractivity contribution < 1.29 is 68.2 Å². The minimum absolute atomic E-state index is 0.0149. The maximum Gasteiger partial charge on any atom is 0.338 e. The van der Waals surface area contributed by atoms with Gasteiger partial charge in [-0.2, -0.15) is 0 Å². The van der Waals surface area contributed by atoms with Gasteiger partial charge in [-0.15, -0.1) is 0 Å². The second kappa shape index (κ2) is 22.0. The molecule has 14 heteroatoms. The van der Waals surface area contributed by atoms with Crippen LogP contribution in [-0.2, 0) is 42.7 Å². The van der Waals surface area contributed by atoms with Crippen LogP contribution in [0.25, 0.3) is 0 Å². The van der Waals surface area contributed by atoms with Crippen molar-refractivity contribution in [3.05, 3.63) is 59.3 Å². The summed E-state index contributed by atoms with van der Waals surface area (Å²) >= 11 is 0. The van der Waals surface area contributed by atoms with Crippen LogP contribution >= 0.6 is 0 Å². The Bertz CT molecular complexity index is 1830. The van der Waals surface area contributed by atoms with Crippen molar-refractivity contribution in [3.63, 3.8) is 0 Å². The first-order valence-corrected chi connectivity index (χ1v) is 25.4. The van der Waals surface area contributed by atoms with E-state index in [1.807, 2.05) is 45.1 Å². The van der Waals surface area contributed by atoms with Crippen LogP contribution in [-0.4, -0.2) is 135 Å². The summed E-state index contributed by atoms with van der Waals surface area (Å²) in [5, 5.41) is 54.9. The maximum atomic E-state index is 13.1. The summed E-state index contributed by atoms with van der Waals surface area (Å²) < 4.78 is 51.3. The number of ether oxygens (including phenoxy) is 8. The minimum atomic E-state index is -1.83. The van der Waals surface area contributed by atoms with Crippen molar-refractivity contribution in [1.82, 2.24) is 0 Å². The number of aliphatic hydroxyl groups is 5. The molecule has 0 saturated carbocycles. The van der Waals surface area contributed by atoms with Crippen LogP contribution in [0.3, 0.4) is 0 Å². The molecule has 17 atom stereocenters. The van der Waals surface area contributed by atoms with Crippen LogP contribution in [0.4, 0.5) is 0 Å². The van der Waals surface area contributed by atoms with Gasteiger partial charge in [-0.3, -0.25) is 0 Å². The summed E-state index contributed by atoms with van der Waals surface area (Å²) in [5.74, 6) is -3.30. The third kappa shape index (κ3) is 12.4. The molecule has 0 aromatic rings. The van der Waals surface area contributed by atoms with Crippen molar-refractivity contribution in [1.29, 1.82) is 0 Å². The standard InChI is InChI=1S/C53H82O14/c1-32(12-11-24-54)26-34(3)31-60-49(58)50(8,59)30-40-15-16-44(56)53(64-40)29-33(2)27-43(65-53)35(4)13-14-39-18-22-52(63-39)23-19-42-48(67-52)45(57)38(7)47(62-42)41(55)28-37(6)46-36(5)17-21-51(66-46)20-9-10-25-61-51/h12-14,26,29,35-37,39-48,54-57,59H,7,9-11,15-25,27-28,30-31H2,1-6,8H3/b14-13+,32-12+,34-26+/t35-,36-,37+,39+,40+,41+,42-,43+,44-,45-,46+,47+,48-,50-,51+,52-,53+/m1/s1. The fourth-order valence-corrected chi connectivity index (χ4v) is 11.7. The number of hydrogen-bond acceptors (Lipinski definition) is 14. The maximum absolute atomic E-state index is 13.1. The van der Waals surface area contributed by atoms with E-state index in [1.165, 1.54) is 6.92 Å². The predicted molar refractivity (Wildman–Crippen MR) is 250 cm³/mol. The van der Waals surface area contributed by atoms with Crippen LogP contribution in [0.5, 0.6) is 0 Å². The van der Waals surface area contributed by atoms with Gasteiger partial charge in [0.15, 0.2) is 17.2 Å². The highest BCUT2D eigenvalue weighted by atomic mass is 16.7. The molecule has 5 N–H and O–H groups in total. The van der Waals surface area contributed by atoms with Crippen LogP contribution < -0.4 is 0 Å². The predicted octanol–water partition coefficient (Wildman–Crippen LogP) is 6.95. The number of fused-ring (bicyclic) bond motifs is 1. The molecule has 0 bridgehead atoms. The van der Waals surface area contributed by atoms with Gasteiger partial charge in [-0.1, -0.05) is 62.8 Å². The molecule has 0 aromatic carbocycles. The largest absolute Gasteiger partial charge is 0.459 e. The second-order valence-electron chi connectivity index (χ2n) is 21.6. The number of allylic oxidation sites excluding steroid dienone is 2. The van der Waals surface area contributed by atoms with E-state index in [0.29, 0.717) is 62.9 Å². The molecular formula is C53H82O14. The van der Waals surface area contributed by atoms with Crippen molar-refractivity contribution in [2.45, 2.75) is 229 Å². The first-order valence-electron chi connectivity index (χ1n) is 25.4. The summed E-state index contributed by atoms with van der Waals surface area (Å²) in [7, 11) is 0. The molecule has 6 fully saturated rings. The number of esters is 1. The Morgan fingerprint density at radius 1 is 1.00 bits per heavy atom. The van der Waals surface area contributed by atoms with Gasteiger partial charge in [0, 0.05) is 44.6 Å². The van der Waals surface area contributed by atoms with E-state index >= 15 is 0 Å². The summed E-state index contributed by atoms with van der Waals surface area (Å²) in [5.41, 5.74) is 1.33. The summed E-state index contributed by atoms with van der Waals surface area (Å²) in [4.78, 5) is 13.1. The van der Waals surface area contributed by atoms with E-state index in [-0.39, 0.29) is 49.8 Å². The zero-order chi connectivity index (χ0) is 48.3. The molecule has 7 heterocycles. The van der Waals surface area contributed by atoms with E-state index < -0.39 is 71.7 Å². The molecule has 0 amide bonds. The Morgan fingerprint density at radius 3 is 2.51 bits per heavy atom. The fourth-order valence-electron chi connectivity index (χ4n) is 11.7. The molecule has 378 valence electrons. The monoisotopic (exact) mass is 943 g/mol. The second-order valence-corrected chi connectivity index (χ2v) is 21.6. The van der Waals surface area contributed by atoms with Gasteiger partial charge >= 0.3 is 5.97 Å². The molecule has 67 heavy (non-hydrogen) atoms. The van der Waals surface area contributed by atoms with Gasteiger partial charge in [-0.05, 0) is 121 Å². The average molecular weight is 943 g/mol. The number of carbonyl (C=O) groups is 1. The number of rotatable bonds is 15. The molecule has 7 aliphatic rings. The fraction of sp³-hybridized carbons (Fsp3) is 0.792. The molecule has 7 rings (SSSR count). The van der Waals surface area contributed by atoms with E-state index in [0.717, 1.165) is 61.9 Å². The molecule has 6 saturated heterocycles. The average Bonchev–Trinajstić information content (AvgIpc) is 3.68. The third-order valence-corrected chi connectivity index (χ3v) is 15.5. The Balaban J connectivity index is 0.897. The molecule has 7 aliphatic heterocycles. The first kappa shape index (κ1) is 52.5. The highest BCUT2D eigenvalue weighted by molar-refractivity contribution is 5.78. The lowest BCUT2D eigenvalue weighted by atomic mass is 9.79. The normalized spacial score (nSPS) is 41.0. The van der Waals surface area contributed by atoms with Crippen LogP contribution in [0.1, 0.15) is 145 Å². The zero-order valence-corrected chi connectivity index (χ0v) is 41.2. The van der Waals surface area contributed by atoms with Crippen molar-refractivity contribution >= 4 is 5.97 Å². The molecular weight excluding hydrogens is 861 g/mol. The number of carbonyl (C=O) groups excluding carboxylic acids is 1. The summed E-state index contributed by atoms with van der Waals surface area (Å²) in [6.45, 7) is 18.6. The van der Waals surface area contributed by atoms with E-state index in [4.69, 9.17) is 43.0 Å². The van der Waals surface area contributed by atoms with Gasteiger partial charge in [0.05, 0.1) is 43.2 Å². The van der Waals surface area contributed by atoms with Gasteiger partial charge in [0.25, 0.3) is 0 Å². The Hall–Kier alpha value is -2.31. The molecule has 3 spiro atoms. The lowest BCUT2D eigenvalue weighted by molar-refractivity contribution is -0.321. The van der Waals surface area contributed by atoms with Gasteiger partial charge < -0.3 is 63.4 Å². The van der Waals surface area contributed by atoms with Crippen molar-refractivity contribution in [3.8, 4) is 0 Å². The summed E-state index contributed by atoms with van der Waals surface area (Å²) in [6.07, 6.45) is 13.8. The summed E-state index contributed by atoms with van der Waals surface area (Å²) in [6, 6.07) is 0. The van der Waals surface area contributed by atoms with E-state index in [9.17, 15) is 25.2 Å². The van der Waals surface area contributed by atoms with Gasteiger partial charge in [0.2, 0.25) is 5.79 Å². The minimum Gasteiger partial charge on any atom is -0.459 e. The number of aliphatic hydroxyl groups excluding tert-OH is 4. The quantitative estimate of drug-likeness (QED) is 0.0644. The molecule has 0 radical (unpaired) electrons. The third-order valence-electron chi connectivity index (χ3n) is 15.5. The topological polar surface area (TPSA) is 192 Å². The SMILES string of the molecule is C=C1[C@@H](O)[C@@H]2O[C@]3(CC[C@H](/C=C/[C@@H](C)[C@@H]4CC(C)=C[C@]5(O[C@H](C[C@@](C)(O)C(=O)OC/C(C)=C/C(C)=C/CCO)CC[C@H]5O)O4)O3)CC[C@H]2O[C@@H]1[C@@H](O)C[C@H](C)[C@H]1O[C@@]2(CCCCO2)CC[C@H]1C. The van der Waals surface area contributed by atoms with Gasteiger partial charge in [-0.25, -0.2) is 4.79 Å². The van der Waals surface area contributed by atoms with E-state index in [1.54, 1.807) is 0 Å². The molecule has 0 aliphatic carbocycles. The molecule has 14 nitrogen and oxygen atoms in total. The van der Waals surface area contributed by atoms with Crippen LogP contribution in [0, 0.1) is 17.8 Å². The van der Waals surface area contributed by atoms with Gasteiger partial charge in [0.1, 0.15) is 31.0 Å². The van der Waals surface area contributed by atoms with Crippen molar-refractivity contribution in [2.24, 2.45) is 17.8 Å². The lowest BCUT2D eigenvalue weighted by Crippen LogP contribution is -2.60. The number of hydrogen-bond donors (Lipinski definition) is 5.